The first-order valence-electron chi connectivity index (χ1n) is 2.61. The van der Waals surface area contributed by atoms with Crippen LogP contribution >= 0.6 is 46.4 Å². The summed E-state index contributed by atoms with van der Waals surface area (Å²) in [6, 6.07) is 0. The molecular weight excluding hydrogens is 259 g/mol. The molecule has 0 N–H and O–H groups in total. The van der Waals surface area contributed by atoms with Gasteiger partial charge in [-0.25, -0.2) is 0 Å². The molecule has 0 unspecified atom stereocenters. The van der Waals surface area contributed by atoms with Gasteiger partial charge in [0.1, 0.15) is 0 Å². The summed E-state index contributed by atoms with van der Waals surface area (Å²) in [5.41, 5.74) is 0. The van der Waals surface area contributed by atoms with Crippen molar-refractivity contribution in [2.45, 2.75) is 16.4 Å². The summed E-state index contributed by atoms with van der Waals surface area (Å²) in [4.78, 5) is 0. The largest absolute Gasteiger partial charge is 0.393 e. The van der Waals surface area contributed by atoms with Crippen LogP contribution in [0.5, 0.6) is 0 Å². The smallest absolute Gasteiger partial charge is 0.171 e. The number of hydrogen-bond donors (Lipinski definition) is 0. The summed E-state index contributed by atoms with van der Waals surface area (Å²) >= 11 is 20.6. The summed E-state index contributed by atoms with van der Waals surface area (Å²) in [6.07, 6.45) is -4.96. The second kappa shape index (κ2) is 4.27. The van der Waals surface area contributed by atoms with E-state index in [4.69, 9.17) is 46.4 Å². The fraction of sp³-hybridized carbons (Fsp3) is 0.600. The molecule has 72 valence electrons. The average Bonchev–Trinajstić information content (AvgIpc) is 1.49. The Bertz CT molecular complexity index is 178. The molecule has 7 heteroatoms. The van der Waals surface area contributed by atoms with E-state index in [-0.39, 0.29) is 0 Å². The summed E-state index contributed by atoms with van der Waals surface area (Å²) < 4.78 is 33.0. The van der Waals surface area contributed by atoms with E-state index in [1.807, 2.05) is 0 Å². The molecule has 0 spiro atoms. The van der Waals surface area contributed by atoms with E-state index in [0.717, 1.165) is 0 Å². The highest BCUT2D eigenvalue weighted by Crippen LogP contribution is 2.33. The number of halogens is 7. The molecule has 0 fully saturated rings. The van der Waals surface area contributed by atoms with E-state index in [9.17, 15) is 13.2 Å². The van der Waals surface area contributed by atoms with Crippen molar-refractivity contribution in [2.75, 3.05) is 0 Å². The van der Waals surface area contributed by atoms with Crippen LogP contribution in [0.4, 0.5) is 13.2 Å². The molecule has 0 aromatic heterocycles. The molecule has 0 heterocycles. The van der Waals surface area contributed by atoms with Crippen molar-refractivity contribution in [3.05, 3.63) is 11.1 Å². The van der Waals surface area contributed by atoms with Crippen LogP contribution in [-0.2, 0) is 0 Å². The van der Waals surface area contributed by atoms with E-state index < -0.39 is 21.4 Å². The van der Waals surface area contributed by atoms with Crippen molar-refractivity contribution in [1.29, 1.82) is 0 Å². The third-order valence-corrected chi connectivity index (χ3v) is 1.26. The first-order valence-corrected chi connectivity index (χ1v) is 4.12. The quantitative estimate of drug-likeness (QED) is 0.613. The summed E-state index contributed by atoms with van der Waals surface area (Å²) in [5, 5.41) is -0.539. The zero-order valence-corrected chi connectivity index (χ0v) is 8.45. The molecule has 0 radical (unpaired) electrons. The highest BCUT2D eigenvalue weighted by atomic mass is 35.6. The lowest BCUT2D eigenvalue weighted by atomic mass is 10.4. The first kappa shape index (κ1) is 12.7. The number of alkyl halides is 6. The van der Waals surface area contributed by atoms with Crippen LogP contribution < -0.4 is 0 Å². The molecule has 0 aromatic carbocycles. The Morgan fingerprint density at radius 1 is 1.17 bits per heavy atom. The molecule has 0 aliphatic rings. The first-order chi connectivity index (χ1) is 5.10. The Morgan fingerprint density at radius 2 is 1.58 bits per heavy atom. The van der Waals surface area contributed by atoms with E-state index in [1.165, 1.54) is 0 Å². The van der Waals surface area contributed by atoms with Gasteiger partial charge < -0.3 is 0 Å². The maximum absolute atomic E-state index is 11.6. The van der Waals surface area contributed by atoms with Crippen molar-refractivity contribution >= 4 is 46.4 Å². The van der Waals surface area contributed by atoms with E-state index in [1.54, 1.807) is 0 Å². The second-order valence-electron chi connectivity index (χ2n) is 1.92. The van der Waals surface area contributed by atoms with Gasteiger partial charge in [0.15, 0.2) is 0 Å². The van der Waals surface area contributed by atoms with Gasteiger partial charge in [-0.05, 0) is 6.08 Å². The normalized spacial score (nSPS) is 15.1. The van der Waals surface area contributed by atoms with E-state index in [2.05, 4.69) is 0 Å². The Morgan fingerprint density at radius 3 is 1.83 bits per heavy atom. The number of allylic oxidation sites excluding steroid dienone is 2. The monoisotopic (exact) mass is 260 g/mol. The lowest BCUT2D eigenvalue weighted by Gasteiger charge is -2.07. The molecule has 0 rings (SSSR count). The lowest BCUT2D eigenvalue weighted by molar-refractivity contribution is -0.125. The second-order valence-corrected chi connectivity index (χ2v) is 4.78. The Balaban J connectivity index is 4.23. The van der Waals surface area contributed by atoms with Gasteiger partial charge in [0.05, 0.1) is 6.42 Å². The summed E-state index contributed by atoms with van der Waals surface area (Å²) in [6.45, 7) is 0. The lowest BCUT2D eigenvalue weighted by Crippen LogP contribution is -2.08. The van der Waals surface area contributed by atoms with Crippen molar-refractivity contribution in [3.63, 3.8) is 0 Å². The third kappa shape index (κ3) is 8.78. The molecule has 0 atom stereocenters. The van der Waals surface area contributed by atoms with Crippen LogP contribution in [0.2, 0.25) is 0 Å². The maximum Gasteiger partial charge on any atom is 0.393 e. The molecule has 0 amide bonds. The van der Waals surface area contributed by atoms with Gasteiger partial charge in [0, 0.05) is 5.03 Å². The molecule has 0 saturated heterocycles. The molecule has 0 aliphatic heterocycles. The SMILES string of the molecule is FC(F)(F)C/C(Cl)=C/C(Cl)(Cl)Cl. The molecule has 0 aliphatic carbocycles. The van der Waals surface area contributed by atoms with Crippen LogP contribution in [0.1, 0.15) is 6.42 Å². The molecule has 12 heavy (non-hydrogen) atoms. The van der Waals surface area contributed by atoms with Gasteiger partial charge in [0.2, 0.25) is 3.79 Å². The number of hydrogen-bond acceptors (Lipinski definition) is 0. The Kier molecular flexibility index (Phi) is 4.51. The third-order valence-electron chi connectivity index (χ3n) is 0.690. The van der Waals surface area contributed by atoms with Gasteiger partial charge in [-0.2, -0.15) is 13.2 Å². The number of rotatable bonds is 1. The predicted octanol–water partition coefficient (Wildman–Crippen LogP) is 4.43. The maximum atomic E-state index is 11.6. The Labute approximate surface area is 87.2 Å². The molecular formula is C5H3Cl4F3. The molecule has 0 saturated carbocycles. The summed E-state index contributed by atoms with van der Waals surface area (Å²) in [5.74, 6) is 0. The predicted molar refractivity (Wildman–Crippen MR) is 44.9 cm³/mol. The van der Waals surface area contributed by atoms with Crippen LogP contribution in [0.25, 0.3) is 0 Å². The van der Waals surface area contributed by atoms with Gasteiger partial charge in [0.25, 0.3) is 0 Å². The molecule has 0 aromatic rings. The average molecular weight is 262 g/mol. The zero-order chi connectivity index (χ0) is 9.99. The van der Waals surface area contributed by atoms with Crippen molar-refractivity contribution in [1.82, 2.24) is 0 Å². The van der Waals surface area contributed by atoms with E-state index >= 15 is 0 Å². The van der Waals surface area contributed by atoms with Gasteiger partial charge in [-0.1, -0.05) is 46.4 Å². The Hall–Kier alpha value is 0.690. The minimum absolute atomic E-state index is 0.539. The van der Waals surface area contributed by atoms with Crippen LogP contribution in [0.3, 0.4) is 0 Å². The van der Waals surface area contributed by atoms with Gasteiger partial charge in [-0.3, -0.25) is 0 Å². The minimum Gasteiger partial charge on any atom is -0.171 e. The van der Waals surface area contributed by atoms with Crippen LogP contribution in [-0.4, -0.2) is 9.97 Å². The van der Waals surface area contributed by atoms with E-state index in [0.29, 0.717) is 6.08 Å². The van der Waals surface area contributed by atoms with Gasteiger partial charge >= 0.3 is 6.18 Å². The van der Waals surface area contributed by atoms with Crippen LogP contribution in [0, 0.1) is 0 Å². The minimum atomic E-state index is -4.39. The highest BCUT2D eigenvalue weighted by molar-refractivity contribution is 6.69. The molecule has 0 nitrogen and oxygen atoms in total. The standard InChI is InChI=1S/C5H3Cl4F3/c6-3(1-4(7,8)9)2-5(10,11)12/h1H,2H2/b3-1-. The van der Waals surface area contributed by atoms with Crippen molar-refractivity contribution in [3.8, 4) is 0 Å². The summed E-state index contributed by atoms with van der Waals surface area (Å²) in [7, 11) is 0. The fourth-order valence-corrected chi connectivity index (χ4v) is 1.30. The van der Waals surface area contributed by atoms with Gasteiger partial charge in [-0.15, -0.1) is 0 Å². The molecule has 0 bridgehead atoms. The van der Waals surface area contributed by atoms with Crippen LogP contribution in [0.15, 0.2) is 11.1 Å². The van der Waals surface area contributed by atoms with Crippen molar-refractivity contribution < 1.29 is 13.2 Å². The topological polar surface area (TPSA) is 0 Å². The fourth-order valence-electron chi connectivity index (χ4n) is 0.420. The zero-order valence-electron chi connectivity index (χ0n) is 5.43. The highest BCUT2D eigenvalue weighted by Gasteiger charge is 2.29. The van der Waals surface area contributed by atoms with Crippen molar-refractivity contribution in [2.24, 2.45) is 0 Å².